The second kappa shape index (κ2) is 9.91. The first-order valence-corrected chi connectivity index (χ1v) is 11.2. The van der Waals surface area contributed by atoms with E-state index < -0.39 is 0 Å². The Morgan fingerprint density at radius 3 is 2.68 bits per heavy atom. The Labute approximate surface area is 182 Å². The summed E-state index contributed by atoms with van der Waals surface area (Å²) in [6, 6.07) is 7.79. The third-order valence-corrected chi connectivity index (χ3v) is 6.38. The number of para-hydroxylation sites is 2. The van der Waals surface area contributed by atoms with E-state index in [0.717, 1.165) is 31.7 Å². The monoisotopic (exact) mass is 425 g/mol. The van der Waals surface area contributed by atoms with Crippen LogP contribution in [0.1, 0.15) is 32.6 Å². The minimum absolute atomic E-state index is 0.0250. The second-order valence-corrected chi connectivity index (χ2v) is 8.22. The van der Waals surface area contributed by atoms with Gasteiger partial charge >= 0.3 is 6.03 Å². The van der Waals surface area contributed by atoms with E-state index in [0.29, 0.717) is 37.7 Å². The molecule has 1 aromatic heterocycles. The van der Waals surface area contributed by atoms with Gasteiger partial charge < -0.3 is 15.5 Å². The molecule has 0 aliphatic carbocycles. The SMILES string of the molecule is CCN1CCCC1CNC(=O)C1CCN(C(=O)Nc2ccccc2-n2cncn2)CC1. The van der Waals surface area contributed by atoms with Crippen LogP contribution in [0.25, 0.3) is 5.69 Å². The van der Waals surface area contributed by atoms with Gasteiger partial charge in [-0.15, -0.1) is 0 Å². The van der Waals surface area contributed by atoms with Crippen molar-refractivity contribution in [1.82, 2.24) is 29.9 Å². The van der Waals surface area contributed by atoms with Crippen molar-refractivity contribution >= 4 is 17.6 Å². The molecule has 1 aromatic carbocycles. The highest BCUT2D eigenvalue weighted by Gasteiger charge is 2.29. The number of urea groups is 1. The van der Waals surface area contributed by atoms with Crippen LogP contribution < -0.4 is 10.6 Å². The number of anilines is 1. The molecule has 9 nitrogen and oxygen atoms in total. The highest BCUT2D eigenvalue weighted by Crippen LogP contribution is 2.22. The average Bonchev–Trinajstić information content (AvgIpc) is 3.50. The molecule has 0 saturated carbocycles. The fourth-order valence-electron chi connectivity index (χ4n) is 4.56. The van der Waals surface area contributed by atoms with Crippen LogP contribution in [-0.4, -0.2) is 75.3 Å². The van der Waals surface area contributed by atoms with E-state index in [-0.39, 0.29) is 17.9 Å². The lowest BCUT2D eigenvalue weighted by Crippen LogP contribution is -2.46. The third-order valence-electron chi connectivity index (χ3n) is 6.38. The Morgan fingerprint density at radius 2 is 1.94 bits per heavy atom. The number of nitrogens with one attached hydrogen (secondary N) is 2. The van der Waals surface area contributed by atoms with E-state index >= 15 is 0 Å². The normalized spacial score (nSPS) is 20.0. The number of carbonyl (C=O) groups is 2. The Morgan fingerprint density at radius 1 is 1.13 bits per heavy atom. The van der Waals surface area contributed by atoms with Crippen LogP contribution in [0, 0.1) is 5.92 Å². The molecular formula is C22H31N7O2. The molecule has 2 N–H and O–H groups in total. The molecule has 3 heterocycles. The fraction of sp³-hybridized carbons (Fsp3) is 0.545. The van der Waals surface area contributed by atoms with E-state index in [4.69, 9.17) is 0 Å². The molecule has 3 amide bonds. The zero-order chi connectivity index (χ0) is 21.6. The minimum Gasteiger partial charge on any atom is -0.354 e. The molecule has 31 heavy (non-hydrogen) atoms. The van der Waals surface area contributed by atoms with Gasteiger partial charge in [0.25, 0.3) is 0 Å². The van der Waals surface area contributed by atoms with Gasteiger partial charge in [-0.3, -0.25) is 9.69 Å². The molecule has 4 rings (SSSR count). The Kier molecular flexibility index (Phi) is 6.81. The Balaban J connectivity index is 1.26. The number of aromatic nitrogens is 3. The van der Waals surface area contributed by atoms with Crippen LogP contribution in [-0.2, 0) is 4.79 Å². The molecular weight excluding hydrogens is 394 g/mol. The van der Waals surface area contributed by atoms with Crippen LogP contribution in [0.5, 0.6) is 0 Å². The summed E-state index contributed by atoms with van der Waals surface area (Å²) in [6.07, 6.45) is 6.80. The van der Waals surface area contributed by atoms with Crippen molar-refractivity contribution in [1.29, 1.82) is 0 Å². The lowest BCUT2D eigenvalue weighted by Gasteiger charge is -2.32. The van der Waals surface area contributed by atoms with Crippen LogP contribution in [0.2, 0.25) is 0 Å². The van der Waals surface area contributed by atoms with Gasteiger partial charge in [-0.1, -0.05) is 19.1 Å². The Bertz CT molecular complexity index is 878. The minimum atomic E-state index is -0.157. The highest BCUT2D eigenvalue weighted by molar-refractivity contribution is 5.91. The fourth-order valence-corrected chi connectivity index (χ4v) is 4.56. The van der Waals surface area contributed by atoms with Crippen molar-refractivity contribution in [2.75, 3.05) is 38.0 Å². The predicted octanol–water partition coefficient (Wildman–Crippen LogP) is 2.11. The molecule has 0 radical (unpaired) electrons. The molecule has 2 aromatic rings. The van der Waals surface area contributed by atoms with Crippen LogP contribution >= 0.6 is 0 Å². The van der Waals surface area contributed by atoms with Crippen molar-refractivity contribution in [3.63, 3.8) is 0 Å². The number of likely N-dealkylation sites (N-methyl/N-ethyl adjacent to an activating group) is 1. The topological polar surface area (TPSA) is 95.4 Å². The zero-order valence-electron chi connectivity index (χ0n) is 18.0. The van der Waals surface area contributed by atoms with Crippen molar-refractivity contribution in [3.8, 4) is 5.69 Å². The molecule has 166 valence electrons. The number of rotatable bonds is 6. The van der Waals surface area contributed by atoms with Gasteiger partial charge in [0.15, 0.2) is 0 Å². The number of nitrogens with zero attached hydrogens (tertiary/aromatic N) is 5. The molecule has 9 heteroatoms. The van der Waals surface area contributed by atoms with Gasteiger partial charge in [-0.05, 0) is 50.9 Å². The van der Waals surface area contributed by atoms with Crippen LogP contribution in [0.3, 0.4) is 0 Å². The molecule has 2 aliphatic rings. The van der Waals surface area contributed by atoms with Crippen molar-refractivity contribution in [3.05, 3.63) is 36.9 Å². The number of hydrogen-bond donors (Lipinski definition) is 2. The molecule has 2 fully saturated rings. The van der Waals surface area contributed by atoms with Gasteiger partial charge in [0, 0.05) is 31.6 Å². The number of amides is 3. The quantitative estimate of drug-likeness (QED) is 0.739. The summed E-state index contributed by atoms with van der Waals surface area (Å²) in [5, 5.41) is 10.3. The predicted molar refractivity (Wildman–Crippen MR) is 118 cm³/mol. The van der Waals surface area contributed by atoms with Crippen LogP contribution in [0.4, 0.5) is 10.5 Å². The molecule has 1 unspecified atom stereocenters. The first kappa shape index (κ1) is 21.3. The van der Waals surface area contributed by atoms with Crippen LogP contribution in [0.15, 0.2) is 36.9 Å². The average molecular weight is 426 g/mol. The van der Waals surface area contributed by atoms with Gasteiger partial charge in [0.05, 0.1) is 11.4 Å². The number of benzene rings is 1. The van der Waals surface area contributed by atoms with Gasteiger partial charge in [0.1, 0.15) is 12.7 Å². The maximum Gasteiger partial charge on any atom is 0.321 e. The lowest BCUT2D eigenvalue weighted by molar-refractivity contribution is -0.126. The van der Waals surface area contributed by atoms with Gasteiger partial charge in [-0.25, -0.2) is 14.5 Å². The third kappa shape index (κ3) is 5.04. The van der Waals surface area contributed by atoms with E-state index in [9.17, 15) is 9.59 Å². The van der Waals surface area contributed by atoms with Crippen molar-refractivity contribution in [2.24, 2.45) is 5.92 Å². The van der Waals surface area contributed by atoms with Gasteiger partial charge in [-0.2, -0.15) is 5.10 Å². The molecule has 0 spiro atoms. The van der Waals surface area contributed by atoms with E-state index in [1.54, 1.807) is 15.9 Å². The maximum atomic E-state index is 12.8. The smallest absolute Gasteiger partial charge is 0.321 e. The van der Waals surface area contributed by atoms with Gasteiger partial charge in [0.2, 0.25) is 5.91 Å². The Hall–Kier alpha value is -2.94. The first-order valence-electron chi connectivity index (χ1n) is 11.2. The summed E-state index contributed by atoms with van der Waals surface area (Å²) in [7, 11) is 0. The number of piperidine rings is 1. The standard InChI is InChI=1S/C22H31N7O2/c1-2-27-11-5-6-18(27)14-24-21(30)17-9-12-28(13-10-17)22(31)26-19-7-3-4-8-20(19)29-16-23-15-25-29/h3-4,7-8,15-18H,2,5-6,9-14H2,1H3,(H,24,30)(H,26,31). The first-order chi connectivity index (χ1) is 15.2. The molecule has 2 aliphatic heterocycles. The highest BCUT2D eigenvalue weighted by atomic mass is 16.2. The molecule has 1 atom stereocenters. The summed E-state index contributed by atoms with van der Waals surface area (Å²) < 4.78 is 1.62. The maximum absolute atomic E-state index is 12.8. The molecule has 0 bridgehead atoms. The largest absolute Gasteiger partial charge is 0.354 e. The molecule has 2 saturated heterocycles. The number of carbonyl (C=O) groups excluding carboxylic acids is 2. The van der Waals surface area contributed by atoms with E-state index in [2.05, 4.69) is 32.5 Å². The number of likely N-dealkylation sites (tertiary alicyclic amines) is 2. The van der Waals surface area contributed by atoms with Crippen molar-refractivity contribution in [2.45, 2.75) is 38.6 Å². The van der Waals surface area contributed by atoms with Crippen molar-refractivity contribution < 1.29 is 9.59 Å². The van der Waals surface area contributed by atoms with E-state index in [1.807, 2.05) is 24.3 Å². The zero-order valence-corrected chi connectivity index (χ0v) is 18.0. The van der Waals surface area contributed by atoms with E-state index in [1.165, 1.54) is 12.7 Å². The lowest BCUT2D eigenvalue weighted by atomic mass is 9.96. The summed E-state index contributed by atoms with van der Waals surface area (Å²) in [6.45, 7) is 6.20. The summed E-state index contributed by atoms with van der Waals surface area (Å²) in [4.78, 5) is 33.6. The number of hydrogen-bond acceptors (Lipinski definition) is 5. The second-order valence-electron chi connectivity index (χ2n) is 8.22. The summed E-state index contributed by atoms with van der Waals surface area (Å²) in [5.74, 6) is 0.0995. The summed E-state index contributed by atoms with van der Waals surface area (Å²) >= 11 is 0. The summed E-state index contributed by atoms with van der Waals surface area (Å²) in [5.41, 5.74) is 1.44.